The van der Waals surface area contributed by atoms with Crippen LogP contribution in [-0.2, 0) is 0 Å². The first-order chi connectivity index (χ1) is 8.25. The third-order valence-corrected chi connectivity index (χ3v) is 2.80. The molecule has 0 bridgehead atoms. The summed E-state index contributed by atoms with van der Waals surface area (Å²) in [6, 6.07) is 5.61. The molecule has 0 spiro atoms. The van der Waals surface area contributed by atoms with E-state index in [0.717, 1.165) is 25.1 Å². The van der Waals surface area contributed by atoms with E-state index in [1.807, 2.05) is 12.1 Å². The van der Waals surface area contributed by atoms with Gasteiger partial charge in [-0.2, -0.15) is 0 Å². The molecule has 1 aliphatic rings. The molecule has 5 heteroatoms. The van der Waals surface area contributed by atoms with Gasteiger partial charge < -0.3 is 4.90 Å². The second kappa shape index (κ2) is 5.43. The Labute approximate surface area is 99.9 Å². The van der Waals surface area contributed by atoms with Crippen molar-refractivity contribution in [3.63, 3.8) is 0 Å². The van der Waals surface area contributed by atoms with Gasteiger partial charge in [-0.15, -0.1) is 0 Å². The lowest BCUT2D eigenvalue weighted by Gasteiger charge is -2.27. The molecule has 0 unspecified atom stereocenters. The summed E-state index contributed by atoms with van der Waals surface area (Å²) in [6.45, 7) is 2.05. The Morgan fingerprint density at radius 1 is 1.29 bits per heavy atom. The number of nitrogens with zero attached hydrogens (tertiary/aromatic N) is 3. The Morgan fingerprint density at radius 2 is 2.06 bits per heavy atom. The van der Waals surface area contributed by atoms with Crippen LogP contribution in [0, 0.1) is 10.1 Å². The maximum Gasteiger partial charge on any atom is 0.236 e. The van der Waals surface area contributed by atoms with Gasteiger partial charge in [0.05, 0.1) is 10.6 Å². The first kappa shape index (κ1) is 11.6. The van der Waals surface area contributed by atoms with E-state index in [9.17, 15) is 10.1 Å². The average Bonchev–Trinajstić information content (AvgIpc) is 2.38. The lowest BCUT2D eigenvalue weighted by molar-refractivity contribution is -0.401. The Morgan fingerprint density at radius 3 is 2.76 bits per heavy atom. The third-order valence-electron chi connectivity index (χ3n) is 2.80. The normalized spacial score (nSPS) is 16.4. The molecule has 0 atom stereocenters. The second-order valence-electron chi connectivity index (χ2n) is 4.07. The summed E-state index contributed by atoms with van der Waals surface area (Å²) >= 11 is 0. The maximum atomic E-state index is 10.2. The molecule has 0 amide bonds. The highest BCUT2D eigenvalue weighted by Crippen LogP contribution is 2.17. The Bertz CT molecular complexity index is 426. The molecule has 5 nitrogen and oxygen atoms in total. The van der Waals surface area contributed by atoms with Crippen LogP contribution < -0.4 is 4.90 Å². The molecule has 1 fully saturated rings. The van der Waals surface area contributed by atoms with Gasteiger partial charge in [-0.1, -0.05) is 6.07 Å². The van der Waals surface area contributed by atoms with Crippen LogP contribution in [0.15, 0.2) is 24.4 Å². The summed E-state index contributed by atoms with van der Waals surface area (Å²) in [6.07, 6.45) is 6.00. The van der Waals surface area contributed by atoms with Gasteiger partial charge in [0, 0.05) is 19.2 Å². The fraction of sp³-hybridized carbons (Fsp3) is 0.417. The molecule has 90 valence electrons. The highest BCUT2D eigenvalue weighted by molar-refractivity contribution is 5.49. The lowest BCUT2D eigenvalue weighted by Crippen LogP contribution is -2.30. The Balaban J connectivity index is 2.12. The molecular formula is C12H15N3O2. The molecule has 17 heavy (non-hydrogen) atoms. The number of nitro groups is 1. The minimum atomic E-state index is -0.477. The van der Waals surface area contributed by atoms with Crippen LogP contribution in [0.2, 0.25) is 0 Å². The van der Waals surface area contributed by atoms with Crippen LogP contribution in [0.3, 0.4) is 0 Å². The number of rotatable bonds is 3. The zero-order valence-corrected chi connectivity index (χ0v) is 9.58. The van der Waals surface area contributed by atoms with Gasteiger partial charge >= 0.3 is 0 Å². The van der Waals surface area contributed by atoms with Crippen LogP contribution in [-0.4, -0.2) is 23.0 Å². The predicted molar refractivity (Wildman–Crippen MR) is 66.3 cm³/mol. The van der Waals surface area contributed by atoms with E-state index in [0.29, 0.717) is 5.69 Å². The van der Waals surface area contributed by atoms with Crippen LogP contribution >= 0.6 is 0 Å². The van der Waals surface area contributed by atoms with E-state index in [-0.39, 0.29) is 0 Å². The standard InChI is InChI=1S/C12H15N3O2/c16-15(17)10-7-11-5-4-6-12(13-11)14-8-2-1-3-9-14/h4-7,10H,1-3,8-9H2/b10-7+. The average molecular weight is 233 g/mol. The molecule has 0 saturated carbocycles. The molecule has 0 radical (unpaired) electrons. The van der Waals surface area contributed by atoms with Gasteiger partial charge in [0.2, 0.25) is 6.20 Å². The van der Waals surface area contributed by atoms with Crippen molar-refractivity contribution in [1.82, 2.24) is 4.98 Å². The summed E-state index contributed by atoms with van der Waals surface area (Å²) in [5, 5.41) is 10.2. The van der Waals surface area contributed by atoms with E-state index in [1.54, 1.807) is 6.07 Å². The van der Waals surface area contributed by atoms with E-state index in [4.69, 9.17) is 0 Å². The zero-order valence-electron chi connectivity index (χ0n) is 9.58. The van der Waals surface area contributed by atoms with Gasteiger partial charge in [-0.25, -0.2) is 4.98 Å². The fourth-order valence-corrected chi connectivity index (χ4v) is 1.97. The molecule has 0 N–H and O–H groups in total. The first-order valence-corrected chi connectivity index (χ1v) is 5.79. The molecule has 1 saturated heterocycles. The van der Waals surface area contributed by atoms with Gasteiger partial charge in [-0.05, 0) is 31.4 Å². The van der Waals surface area contributed by atoms with Crippen molar-refractivity contribution in [2.75, 3.05) is 18.0 Å². The lowest BCUT2D eigenvalue weighted by atomic mass is 10.1. The van der Waals surface area contributed by atoms with E-state index in [1.165, 1.54) is 25.3 Å². The Kier molecular flexibility index (Phi) is 3.69. The van der Waals surface area contributed by atoms with E-state index in [2.05, 4.69) is 9.88 Å². The minimum Gasteiger partial charge on any atom is -0.357 e. The highest BCUT2D eigenvalue weighted by Gasteiger charge is 2.11. The molecule has 1 aromatic heterocycles. The van der Waals surface area contributed by atoms with Gasteiger partial charge in [-0.3, -0.25) is 10.1 Å². The minimum absolute atomic E-state index is 0.477. The number of piperidine rings is 1. The monoisotopic (exact) mass is 233 g/mol. The van der Waals surface area contributed by atoms with Crippen molar-refractivity contribution >= 4 is 11.9 Å². The van der Waals surface area contributed by atoms with Gasteiger partial charge in [0.15, 0.2) is 0 Å². The summed E-state index contributed by atoms with van der Waals surface area (Å²) in [4.78, 5) is 16.4. The quantitative estimate of drug-likeness (QED) is 0.593. The number of hydrogen-bond acceptors (Lipinski definition) is 4. The molecule has 0 aliphatic carbocycles. The predicted octanol–water partition coefficient (Wildman–Crippen LogP) is 2.32. The molecule has 2 heterocycles. The van der Waals surface area contributed by atoms with Crippen molar-refractivity contribution in [3.05, 3.63) is 40.2 Å². The molecule has 1 aromatic rings. The summed E-state index contributed by atoms with van der Waals surface area (Å²) in [5.74, 6) is 0.912. The largest absolute Gasteiger partial charge is 0.357 e. The molecule has 1 aliphatic heterocycles. The topological polar surface area (TPSA) is 59.3 Å². The van der Waals surface area contributed by atoms with Crippen molar-refractivity contribution in [1.29, 1.82) is 0 Å². The second-order valence-corrected chi connectivity index (χ2v) is 4.07. The van der Waals surface area contributed by atoms with Crippen LogP contribution in [0.25, 0.3) is 6.08 Å². The van der Waals surface area contributed by atoms with Crippen molar-refractivity contribution in [3.8, 4) is 0 Å². The summed E-state index contributed by atoms with van der Waals surface area (Å²) in [7, 11) is 0. The number of pyridine rings is 1. The highest BCUT2D eigenvalue weighted by atomic mass is 16.6. The summed E-state index contributed by atoms with van der Waals surface area (Å²) < 4.78 is 0. The SMILES string of the molecule is O=[N+]([O-])/C=C/c1cccc(N2CCCCC2)n1. The van der Waals surface area contributed by atoms with Gasteiger partial charge in [0.1, 0.15) is 5.82 Å². The zero-order chi connectivity index (χ0) is 12.1. The van der Waals surface area contributed by atoms with Crippen LogP contribution in [0.5, 0.6) is 0 Å². The fourth-order valence-electron chi connectivity index (χ4n) is 1.97. The summed E-state index contributed by atoms with van der Waals surface area (Å²) in [5.41, 5.74) is 0.629. The number of aromatic nitrogens is 1. The Hall–Kier alpha value is -1.91. The van der Waals surface area contributed by atoms with E-state index < -0.39 is 4.92 Å². The first-order valence-electron chi connectivity index (χ1n) is 5.79. The molecular weight excluding hydrogens is 218 g/mol. The smallest absolute Gasteiger partial charge is 0.236 e. The van der Waals surface area contributed by atoms with E-state index >= 15 is 0 Å². The van der Waals surface area contributed by atoms with Crippen molar-refractivity contribution in [2.24, 2.45) is 0 Å². The van der Waals surface area contributed by atoms with Crippen molar-refractivity contribution < 1.29 is 4.92 Å². The van der Waals surface area contributed by atoms with Crippen molar-refractivity contribution in [2.45, 2.75) is 19.3 Å². The number of anilines is 1. The molecule has 0 aromatic carbocycles. The maximum absolute atomic E-state index is 10.2. The van der Waals surface area contributed by atoms with Crippen LogP contribution in [0.4, 0.5) is 5.82 Å². The molecule has 2 rings (SSSR count). The third kappa shape index (κ3) is 3.27. The van der Waals surface area contributed by atoms with Crippen LogP contribution in [0.1, 0.15) is 25.0 Å². The number of hydrogen-bond donors (Lipinski definition) is 0. The van der Waals surface area contributed by atoms with Gasteiger partial charge in [0.25, 0.3) is 0 Å².